The molecule has 1 aromatic heterocycles. The molecular weight excluding hydrogens is 398 g/mol. The van der Waals surface area contributed by atoms with Crippen LogP contribution in [-0.2, 0) is 6.54 Å². The Kier molecular flexibility index (Phi) is 7.25. The molecule has 32 heavy (non-hydrogen) atoms. The fraction of sp³-hybridized carbons (Fsp3) is 0.269. The molecule has 0 spiro atoms. The Morgan fingerprint density at radius 3 is 2.59 bits per heavy atom. The minimum atomic E-state index is -0.101. The van der Waals surface area contributed by atoms with Gasteiger partial charge in [-0.1, -0.05) is 60.7 Å². The van der Waals surface area contributed by atoms with Crippen LogP contribution in [0.4, 0.5) is 11.5 Å². The number of benzene rings is 2. The summed E-state index contributed by atoms with van der Waals surface area (Å²) in [5, 5.41) is 6.79. The molecule has 4 rings (SSSR count). The molecule has 164 valence electrons. The normalized spacial score (nSPS) is 15.7. The van der Waals surface area contributed by atoms with Gasteiger partial charge in [-0.2, -0.15) is 0 Å². The molecule has 3 aromatic rings. The van der Waals surface area contributed by atoms with Crippen molar-refractivity contribution in [3.63, 3.8) is 0 Å². The summed E-state index contributed by atoms with van der Waals surface area (Å²) in [7, 11) is 0. The van der Waals surface area contributed by atoms with Gasteiger partial charge in [-0.15, -0.1) is 0 Å². The zero-order chi connectivity index (χ0) is 22.2. The van der Waals surface area contributed by atoms with Crippen LogP contribution < -0.4 is 10.6 Å². The van der Waals surface area contributed by atoms with E-state index < -0.39 is 0 Å². The molecule has 1 saturated heterocycles. The van der Waals surface area contributed by atoms with Crippen LogP contribution in [0.1, 0.15) is 47.6 Å². The lowest BCUT2D eigenvalue weighted by Gasteiger charge is -2.23. The van der Waals surface area contributed by atoms with Gasteiger partial charge in [-0.05, 0) is 44.0 Å². The van der Waals surface area contributed by atoms with Crippen LogP contribution in [0, 0.1) is 0 Å². The topological polar surface area (TPSA) is 70.2 Å². The van der Waals surface area contributed by atoms with Crippen molar-refractivity contribution in [1.29, 1.82) is 0 Å². The number of para-hydroxylation sites is 1. The molecule has 6 heteroatoms. The van der Waals surface area contributed by atoms with E-state index in [1.165, 1.54) is 0 Å². The summed E-state index contributed by atoms with van der Waals surface area (Å²) < 4.78 is 0. The zero-order valence-corrected chi connectivity index (χ0v) is 18.4. The third-order valence-corrected chi connectivity index (χ3v) is 5.51. The van der Waals surface area contributed by atoms with E-state index in [-0.39, 0.29) is 11.9 Å². The number of nitrogens with one attached hydrogen (secondary N) is 2. The standard InChI is InChI=1S/C26H29N5O/c1-2-3-17-31(19-20-11-6-4-7-12-20)26(32)22-18-28-25(23-15-10-16-27-23)30-24(22)29-21-13-8-5-9-14-21/h2-9,11-14,18,23,27H,10,15-17,19H2,1H3,(H,28,29,30)/b3-2+. The number of amides is 1. The second-order valence-corrected chi connectivity index (χ2v) is 7.87. The van der Waals surface area contributed by atoms with E-state index in [1.54, 1.807) is 6.20 Å². The summed E-state index contributed by atoms with van der Waals surface area (Å²) in [5.41, 5.74) is 2.43. The number of hydrogen-bond acceptors (Lipinski definition) is 5. The Hall–Kier alpha value is -3.51. The van der Waals surface area contributed by atoms with Crippen LogP contribution >= 0.6 is 0 Å². The lowest BCUT2D eigenvalue weighted by atomic mass is 10.1. The number of carbonyl (C=O) groups excluding carboxylic acids is 1. The summed E-state index contributed by atoms with van der Waals surface area (Å²) in [4.78, 5) is 24.8. The average Bonchev–Trinajstić information content (AvgIpc) is 3.38. The summed E-state index contributed by atoms with van der Waals surface area (Å²) in [6.45, 7) is 3.95. The largest absolute Gasteiger partial charge is 0.339 e. The quantitative estimate of drug-likeness (QED) is 0.502. The third kappa shape index (κ3) is 5.39. The predicted octanol–water partition coefficient (Wildman–Crippen LogP) is 4.86. The number of anilines is 2. The third-order valence-electron chi connectivity index (χ3n) is 5.51. The van der Waals surface area contributed by atoms with Crippen molar-refractivity contribution in [3.05, 3.63) is 96.0 Å². The van der Waals surface area contributed by atoms with Crippen molar-refractivity contribution in [1.82, 2.24) is 20.2 Å². The molecule has 1 amide bonds. The number of aromatic nitrogens is 2. The molecule has 1 aliphatic rings. The van der Waals surface area contributed by atoms with Gasteiger partial charge in [0.2, 0.25) is 0 Å². The first-order valence-electron chi connectivity index (χ1n) is 11.1. The van der Waals surface area contributed by atoms with Crippen molar-refractivity contribution in [3.8, 4) is 0 Å². The fourth-order valence-electron chi connectivity index (χ4n) is 3.80. The summed E-state index contributed by atoms with van der Waals surface area (Å²) in [6.07, 6.45) is 7.72. The maximum absolute atomic E-state index is 13.7. The van der Waals surface area contributed by atoms with Gasteiger partial charge in [-0.3, -0.25) is 4.79 Å². The van der Waals surface area contributed by atoms with Crippen LogP contribution in [0.2, 0.25) is 0 Å². The van der Waals surface area contributed by atoms with Crippen molar-refractivity contribution in [2.75, 3.05) is 18.4 Å². The second kappa shape index (κ2) is 10.7. The van der Waals surface area contributed by atoms with Crippen LogP contribution in [0.15, 0.2) is 79.0 Å². The van der Waals surface area contributed by atoms with Gasteiger partial charge in [0.15, 0.2) is 0 Å². The number of nitrogens with zero attached hydrogens (tertiary/aromatic N) is 3. The van der Waals surface area contributed by atoms with E-state index in [0.29, 0.717) is 24.5 Å². The molecule has 1 atom stereocenters. The number of hydrogen-bond donors (Lipinski definition) is 2. The minimum absolute atomic E-state index is 0.101. The Morgan fingerprint density at radius 2 is 1.91 bits per heavy atom. The van der Waals surface area contributed by atoms with E-state index in [4.69, 9.17) is 4.98 Å². The Balaban J connectivity index is 1.67. The van der Waals surface area contributed by atoms with Crippen LogP contribution in [0.3, 0.4) is 0 Å². The molecule has 0 saturated carbocycles. The number of allylic oxidation sites excluding steroid dienone is 1. The summed E-state index contributed by atoms with van der Waals surface area (Å²) >= 11 is 0. The van der Waals surface area contributed by atoms with Gasteiger partial charge in [0.1, 0.15) is 17.2 Å². The van der Waals surface area contributed by atoms with Crippen molar-refractivity contribution < 1.29 is 4.79 Å². The van der Waals surface area contributed by atoms with Crippen LogP contribution in [-0.4, -0.2) is 33.9 Å². The maximum Gasteiger partial charge on any atom is 0.259 e. The highest BCUT2D eigenvalue weighted by Crippen LogP contribution is 2.25. The van der Waals surface area contributed by atoms with Crippen molar-refractivity contribution in [2.24, 2.45) is 0 Å². The van der Waals surface area contributed by atoms with Crippen LogP contribution in [0.25, 0.3) is 0 Å². The van der Waals surface area contributed by atoms with E-state index >= 15 is 0 Å². The molecule has 0 aliphatic carbocycles. The zero-order valence-electron chi connectivity index (χ0n) is 18.4. The average molecular weight is 428 g/mol. The van der Waals surface area contributed by atoms with E-state index in [0.717, 1.165) is 36.5 Å². The van der Waals surface area contributed by atoms with Gasteiger partial charge in [-0.25, -0.2) is 9.97 Å². The lowest BCUT2D eigenvalue weighted by Crippen LogP contribution is -2.32. The van der Waals surface area contributed by atoms with E-state index in [9.17, 15) is 4.79 Å². The molecule has 0 bridgehead atoms. The Bertz CT molecular complexity index is 1050. The highest BCUT2D eigenvalue weighted by atomic mass is 16.2. The minimum Gasteiger partial charge on any atom is -0.339 e. The fourth-order valence-corrected chi connectivity index (χ4v) is 3.80. The van der Waals surface area contributed by atoms with E-state index in [2.05, 4.69) is 15.6 Å². The number of carbonyl (C=O) groups is 1. The SMILES string of the molecule is C/C=C/CN(Cc1ccccc1)C(=O)c1cnc(C2CCCN2)nc1Nc1ccccc1. The van der Waals surface area contributed by atoms with Gasteiger partial charge in [0, 0.05) is 25.0 Å². The lowest BCUT2D eigenvalue weighted by molar-refractivity contribution is 0.0762. The molecule has 1 fully saturated rings. The molecule has 6 nitrogen and oxygen atoms in total. The second-order valence-electron chi connectivity index (χ2n) is 7.87. The molecule has 2 N–H and O–H groups in total. The maximum atomic E-state index is 13.7. The first-order chi connectivity index (χ1) is 15.7. The van der Waals surface area contributed by atoms with Gasteiger partial charge in [0.05, 0.1) is 6.04 Å². The molecular formula is C26H29N5O. The van der Waals surface area contributed by atoms with E-state index in [1.807, 2.05) is 84.6 Å². The van der Waals surface area contributed by atoms with Gasteiger partial charge in [0.25, 0.3) is 5.91 Å². The first kappa shape index (κ1) is 21.7. The molecule has 1 aliphatic heterocycles. The Morgan fingerprint density at radius 1 is 1.16 bits per heavy atom. The smallest absolute Gasteiger partial charge is 0.259 e. The first-order valence-corrected chi connectivity index (χ1v) is 11.1. The Labute approximate surface area is 189 Å². The predicted molar refractivity (Wildman–Crippen MR) is 128 cm³/mol. The summed E-state index contributed by atoms with van der Waals surface area (Å²) in [6, 6.07) is 19.9. The highest BCUT2D eigenvalue weighted by molar-refractivity contribution is 5.99. The number of rotatable bonds is 8. The summed E-state index contributed by atoms with van der Waals surface area (Å²) in [5.74, 6) is 1.16. The molecule has 2 heterocycles. The molecule has 2 aromatic carbocycles. The highest BCUT2D eigenvalue weighted by Gasteiger charge is 2.24. The van der Waals surface area contributed by atoms with Crippen molar-refractivity contribution in [2.45, 2.75) is 32.4 Å². The monoisotopic (exact) mass is 427 g/mol. The molecule has 0 radical (unpaired) electrons. The van der Waals surface area contributed by atoms with Crippen molar-refractivity contribution >= 4 is 17.4 Å². The molecule has 1 unspecified atom stereocenters. The van der Waals surface area contributed by atoms with Crippen LogP contribution in [0.5, 0.6) is 0 Å². The van der Waals surface area contributed by atoms with Gasteiger partial charge < -0.3 is 15.5 Å². The van der Waals surface area contributed by atoms with Gasteiger partial charge >= 0.3 is 0 Å².